The van der Waals surface area contributed by atoms with Crippen molar-refractivity contribution in [2.45, 2.75) is 19.8 Å². The van der Waals surface area contributed by atoms with Crippen LogP contribution in [0.3, 0.4) is 0 Å². The molecule has 2 rings (SSSR count). The van der Waals surface area contributed by atoms with Crippen molar-refractivity contribution in [2.24, 2.45) is 7.05 Å². The number of carbonyl (C=O) groups is 1. The number of aromatic nitrogens is 2. The summed E-state index contributed by atoms with van der Waals surface area (Å²) in [4.78, 5) is 23.3. The summed E-state index contributed by atoms with van der Waals surface area (Å²) in [5.74, 6) is -1.57. The molecule has 5 nitrogen and oxygen atoms in total. The Morgan fingerprint density at radius 2 is 1.95 bits per heavy atom. The molecule has 1 aromatic carbocycles. The fourth-order valence-corrected chi connectivity index (χ4v) is 2.19. The fourth-order valence-electron chi connectivity index (χ4n) is 2.19. The van der Waals surface area contributed by atoms with E-state index in [2.05, 4.69) is 0 Å². The average molecular weight is 260 g/mol. The first-order valence-electron chi connectivity index (χ1n) is 6.00. The molecule has 19 heavy (non-hydrogen) atoms. The van der Waals surface area contributed by atoms with Gasteiger partial charge in [-0.05, 0) is 25.5 Å². The summed E-state index contributed by atoms with van der Waals surface area (Å²) >= 11 is 0. The van der Waals surface area contributed by atoms with Crippen LogP contribution in [0.5, 0.6) is 0 Å². The van der Waals surface area contributed by atoms with Gasteiger partial charge in [0.25, 0.3) is 0 Å². The Labute approximate surface area is 110 Å². The zero-order valence-corrected chi connectivity index (χ0v) is 11.1. The predicted molar refractivity (Wildman–Crippen MR) is 71.8 cm³/mol. The van der Waals surface area contributed by atoms with Crippen LogP contribution < -0.4 is 5.69 Å². The molecule has 1 unspecified atom stereocenters. The summed E-state index contributed by atoms with van der Waals surface area (Å²) in [5, 5.41) is 9.16. The van der Waals surface area contributed by atoms with Crippen LogP contribution in [0.25, 0.3) is 5.69 Å². The lowest BCUT2D eigenvalue weighted by atomic mass is 9.99. The number of nitrogens with zero attached hydrogens (tertiary/aromatic N) is 2. The average Bonchev–Trinajstić information content (AvgIpc) is 2.62. The van der Waals surface area contributed by atoms with E-state index < -0.39 is 11.9 Å². The third kappa shape index (κ3) is 2.19. The lowest BCUT2D eigenvalue weighted by molar-refractivity contribution is -0.138. The predicted octanol–water partition coefficient (Wildman–Crippen LogP) is 1.67. The smallest absolute Gasteiger partial charge is 0.332 e. The molecule has 0 amide bonds. The minimum Gasteiger partial charge on any atom is -0.481 e. The maximum Gasteiger partial charge on any atom is 0.332 e. The first-order chi connectivity index (χ1) is 8.93. The summed E-state index contributed by atoms with van der Waals surface area (Å²) in [6, 6.07) is 7.09. The minimum absolute atomic E-state index is 0.178. The monoisotopic (exact) mass is 260 g/mol. The van der Waals surface area contributed by atoms with Crippen LogP contribution in [0.4, 0.5) is 0 Å². The van der Waals surface area contributed by atoms with Gasteiger partial charge in [0.1, 0.15) is 0 Å². The maximum absolute atomic E-state index is 12.1. The van der Waals surface area contributed by atoms with Gasteiger partial charge in [0.2, 0.25) is 0 Å². The molecule has 1 heterocycles. The van der Waals surface area contributed by atoms with Crippen molar-refractivity contribution >= 4 is 5.97 Å². The van der Waals surface area contributed by atoms with Gasteiger partial charge in [-0.25, -0.2) is 4.79 Å². The number of imidazole rings is 1. The lowest BCUT2D eigenvalue weighted by Crippen LogP contribution is -2.23. The highest BCUT2D eigenvalue weighted by Crippen LogP contribution is 2.23. The minimum atomic E-state index is -0.908. The molecular weight excluding hydrogens is 244 g/mol. The van der Waals surface area contributed by atoms with Crippen LogP contribution in [0, 0.1) is 6.92 Å². The standard InChI is InChI=1S/C14H16N2O3/c1-9-8-15(3)14(19)16(9)12-7-5-4-6-11(12)10(2)13(17)18/h4-8,10H,1-3H3,(H,17,18). The van der Waals surface area contributed by atoms with Gasteiger partial charge in [-0.2, -0.15) is 0 Å². The van der Waals surface area contributed by atoms with Crippen molar-refractivity contribution in [1.29, 1.82) is 0 Å². The zero-order chi connectivity index (χ0) is 14.2. The first-order valence-corrected chi connectivity index (χ1v) is 6.00. The van der Waals surface area contributed by atoms with E-state index in [-0.39, 0.29) is 5.69 Å². The largest absolute Gasteiger partial charge is 0.481 e. The molecule has 1 aromatic heterocycles. The van der Waals surface area contributed by atoms with E-state index in [1.807, 2.05) is 6.92 Å². The van der Waals surface area contributed by atoms with Crippen LogP contribution in [0.1, 0.15) is 24.1 Å². The van der Waals surface area contributed by atoms with Gasteiger partial charge < -0.3 is 9.67 Å². The van der Waals surface area contributed by atoms with Crippen molar-refractivity contribution in [3.63, 3.8) is 0 Å². The quantitative estimate of drug-likeness (QED) is 0.913. The van der Waals surface area contributed by atoms with Crippen LogP contribution in [-0.2, 0) is 11.8 Å². The van der Waals surface area contributed by atoms with E-state index >= 15 is 0 Å². The van der Waals surface area contributed by atoms with Crippen LogP contribution >= 0.6 is 0 Å². The van der Waals surface area contributed by atoms with E-state index in [1.165, 1.54) is 9.13 Å². The molecule has 1 atom stereocenters. The Kier molecular flexibility index (Phi) is 3.29. The number of benzene rings is 1. The summed E-state index contributed by atoms with van der Waals surface area (Å²) in [6.45, 7) is 3.44. The van der Waals surface area contributed by atoms with E-state index in [1.54, 1.807) is 44.4 Å². The summed E-state index contributed by atoms with van der Waals surface area (Å²) in [6.07, 6.45) is 1.73. The second kappa shape index (κ2) is 4.76. The molecule has 2 aromatic rings. The molecule has 0 bridgehead atoms. The number of aryl methyl sites for hydroxylation is 2. The van der Waals surface area contributed by atoms with Crippen LogP contribution in [0.2, 0.25) is 0 Å². The highest BCUT2D eigenvalue weighted by molar-refractivity contribution is 5.77. The van der Waals surface area contributed by atoms with E-state index in [9.17, 15) is 9.59 Å². The SMILES string of the molecule is Cc1cn(C)c(=O)n1-c1ccccc1C(C)C(=O)O. The van der Waals surface area contributed by atoms with E-state index in [0.717, 1.165) is 5.69 Å². The Morgan fingerprint density at radius 1 is 1.32 bits per heavy atom. The van der Waals surface area contributed by atoms with Crippen molar-refractivity contribution < 1.29 is 9.90 Å². The molecular formula is C14H16N2O3. The Morgan fingerprint density at radius 3 is 2.47 bits per heavy atom. The number of carboxylic acid groups (broad SMARTS) is 1. The molecule has 0 aliphatic heterocycles. The van der Waals surface area contributed by atoms with Gasteiger partial charge in [-0.1, -0.05) is 18.2 Å². The molecule has 0 saturated carbocycles. The lowest BCUT2D eigenvalue weighted by Gasteiger charge is -2.14. The third-order valence-electron chi connectivity index (χ3n) is 3.24. The third-order valence-corrected chi connectivity index (χ3v) is 3.24. The molecule has 100 valence electrons. The van der Waals surface area contributed by atoms with Crippen molar-refractivity contribution in [3.05, 3.63) is 52.2 Å². The number of hydrogen-bond acceptors (Lipinski definition) is 2. The molecule has 0 radical (unpaired) electrons. The summed E-state index contributed by atoms with van der Waals surface area (Å²) < 4.78 is 3.02. The summed E-state index contributed by atoms with van der Waals surface area (Å²) in [5.41, 5.74) is 1.85. The number of aliphatic carboxylic acids is 1. The number of carboxylic acids is 1. The highest BCUT2D eigenvalue weighted by Gasteiger charge is 2.20. The number of hydrogen-bond donors (Lipinski definition) is 1. The fraction of sp³-hybridized carbons (Fsp3) is 0.286. The molecule has 0 fully saturated rings. The van der Waals surface area contributed by atoms with Crippen molar-refractivity contribution in [3.8, 4) is 5.69 Å². The molecule has 1 N–H and O–H groups in total. The zero-order valence-electron chi connectivity index (χ0n) is 11.1. The molecule has 0 aliphatic carbocycles. The van der Waals surface area contributed by atoms with Crippen LogP contribution in [0.15, 0.2) is 35.3 Å². The van der Waals surface area contributed by atoms with Crippen molar-refractivity contribution in [1.82, 2.24) is 9.13 Å². The van der Waals surface area contributed by atoms with Gasteiger partial charge in [0.15, 0.2) is 0 Å². The molecule has 0 spiro atoms. The number of rotatable bonds is 3. The Hall–Kier alpha value is -2.30. The highest BCUT2D eigenvalue weighted by atomic mass is 16.4. The Bertz CT molecular complexity index is 682. The maximum atomic E-state index is 12.1. The normalized spacial score (nSPS) is 12.4. The topological polar surface area (TPSA) is 64.2 Å². The molecule has 0 aliphatic rings. The van der Waals surface area contributed by atoms with E-state index in [0.29, 0.717) is 11.3 Å². The summed E-state index contributed by atoms with van der Waals surface area (Å²) in [7, 11) is 1.68. The number of para-hydroxylation sites is 1. The second-order valence-corrected chi connectivity index (χ2v) is 4.62. The van der Waals surface area contributed by atoms with Gasteiger partial charge >= 0.3 is 11.7 Å². The second-order valence-electron chi connectivity index (χ2n) is 4.62. The van der Waals surface area contributed by atoms with Gasteiger partial charge in [-0.15, -0.1) is 0 Å². The van der Waals surface area contributed by atoms with E-state index in [4.69, 9.17) is 5.11 Å². The van der Waals surface area contributed by atoms with Crippen molar-refractivity contribution in [2.75, 3.05) is 0 Å². The Balaban J connectivity index is 2.70. The van der Waals surface area contributed by atoms with Crippen LogP contribution in [-0.4, -0.2) is 20.2 Å². The van der Waals surface area contributed by atoms with Gasteiger partial charge in [-0.3, -0.25) is 9.36 Å². The van der Waals surface area contributed by atoms with Gasteiger partial charge in [0, 0.05) is 18.9 Å². The first kappa shape index (κ1) is 13.1. The molecule has 5 heteroatoms. The van der Waals surface area contributed by atoms with Gasteiger partial charge in [0.05, 0.1) is 11.6 Å². The molecule has 0 saturated heterocycles.